The standard InChI is InChI=1S/C50H45N9O4/c1-51-44-30-36(57(32-10-20-38(60-3)21-11-32)33-12-22-39(61-4)23-13-33)18-28-42(44)48-53-46-8-7-9-47-54-49(56-50(55-48)59(46)47)43-29-19-37(31-45(43)52-2)58(34-14-24-40(62-5)25-15-34)35-16-26-41(63-6)27-17-35/h7-31,51-52H,1-6H3. The number of amidine groups is 3. The van der Waals surface area contributed by atoms with Gasteiger partial charge in [-0.1, -0.05) is 6.08 Å². The second kappa shape index (κ2) is 17.3. The number of anilines is 8. The molecule has 0 saturated heterocycles. The quantitative estimate of drug-likeness (QED) is 0.110. The monoisotopic (exact) mass is 835 g/mol. The van der Waals surface area contributed by atoms with Gasteiger partial charge in [-0.15, -0.1) is 0 Å². The van der Waals surface area contributed by atoms with E-state index in [1.54, 1.807) is 28.4 Å². The minimum Gasteiger partial charge on any atom is -0.497 e. The Balaban J connectivity index is 1.09. The van der Waals surface area contributed by atoms with Crippen LogP contribution < -0.4 is 39.4 Å². The van der Waals surface area contributed by atoms with Crippen LogP contribution in [-0.4, -0.2) is 70.9 Å². The number of nitrogens with one attached hydrogen (secondary N) is 2. The zero-order valence-electron chi connectivity index (χ0n) is 35.7. The van der Waals surface area contributed by atoms with E-state index in [1.165, 1.54) is 0 Å². The van der Waals surface area contributed by atoms with Crippen molar-refractivity contribution in [1.29, 1.82) is 0 Å². The van der Waals surface area contributed by atoms with E-state index in [0.717, 1.165) is 79.6 Å². The molecule has 13 nitrogen and oxygen atoms in total. The van der Waals surface area contributed by atoms with E-state index in [0.29, 0.717) is 29.3 Å². The molecule has 6 aromatic rings. The number of benzene rings is 6. The summed E-state index contributed by atoms with van der Waals surface area (Å²) in [6, 6.07) is 44.3. The Morgan fingerprint density at radius 2 is 0.825 bits per heavy atom. The minimum absolute atomic E-state index is 0.462. The van der Waals surface area contributed by atoms with Gasteiger partial charge in [-0.2, -0.15) is 9.98 Å². The van der Waals surface area contributed by atoms with E-state index in [1.807, 2.05) is 146 Å². The molecular formula is C50H45N9O4. The van der Waals surface area contributed by atoms with E-state index in [2.05, 4.69) is 44.7 Å². The molecule has 2 N–H and O–H groups in total. The molecule has 3 aliphatic heterocycles. The Kier molecular flexibility index (Phi) is 11.0. The lowest BCUT2D eigenvalue weighted by Crippen LogP contribution is -2.41. The Hall–Kier alpha value is -8.32. The smallest absolute Gasteiger partial charge is 0.241 e. The summed E-state index contributed by atoms with van der Waals surface area (Å²) in [6.07, 6.45) is 5.83. The number of methoxy groups -OCH3 is 4. The van der Waals surface area contributed by atoms with Crippen molar-refractivity contribution < 1.29 is 18.9 Å². The molecule has 63 heavy (non-hydrogen) atoms. The van der Waals surface area contributed by atoms with Gasteiger partial charge in [0, 0.05) is 70.7 Å². The maximum atomic E-state index is 5.46. The van der Waals surface area contributed by atoms with Crippen LogP contribution in [-0.2, 0) is 0 Å². The molecule has 0 aliphatic carbocycles. The fraction of sp³-hybridized carbons (Fsp3) is 0.120. The maximum absolute atomic E-state index is 5.46. The van der Waals surface area contributed by atoms with Crippen molar-refractivity contribution in [2.45, 2.75) is 0 Å². The molecule has 3 heterocycles. The van der Waals surface area contributed by atoms with Crippen LogP contribution in [0.15, 0.2) is 177 Å². The topological polar surface area (TPSA) is 120 Å². The van der Waals surface area contributed by atoms with E-state index >= 15 is 0 Å². The van der Waals surface area contributed by atoms with Crippen molar-refractivity contribution in [1.82, 2.24) is 4.90 Å². The van der Waals surface area contributed by atoms with Gasteiger partial charge in [0.15, 0.2) is 11.7 Å². The van der Waals surface area contributed by atoms with Crippen LogP contribution in [0.2, 0.25) is 0 Å². The van der Waals surface area contributed by atoms with Gasteiger partial charge >= 0.3 is 0 Å². The fourth-order valence-corrected chi connectivity index (χ4v) is 7.65. The predicted molar refractivity (Wildman–Crippen MR) is 255 cm³/mol. The van der Waals surface area contributed by atoms with E-state index in [9.17, 15) is 0 Å². The van der Waals surface area contributed by atoms with E-state index < -0.39 is 0 Å². The number of rotatable bonds is 14. The molecule has 6 aromatic carbocycles. The maximum Gasteiger partial charge on any atom is 0.241 e. The highest BCUT2D eigenvalue weighted by Gasteiger charge is 2.32. The molecule has 3 aliphatic rings. The zero-order valence-corrected chi connectivity index (χ0v) is 35.7. The van der Waals surface area contributed by atoms with Crippen LogP contribution in [0, 0.1) is 0 Å². The van der Waals surface area contributed by atoms with Crippen LogP contribution in [0.5, 0.6) is 23.0 Å². The number of guanidine groups is 1. The summed E-state index contributed by atoms with van der Waals surface area (Å²) >= 11 is 0. The molecule has 314 valence electrons. The summed E-state index contributed by atoms with van der Waals surface area (Å²) in [5, 5.41) is 6.81. The molecule has 0 radical (unpaired) electrons. The van der Waals surface area contributed by atoms with Gasteiger partial charge in [0.25, 0.3) is 0 Å². The van der Waals surface area contributed by atoms with Crippen LogP contribution in [0.1, 0.15) is 11.1 Å². The molecule has 0 saturated carbocycles. The van der Waals surface area contributed by atoms with E-state index in [-0.39, 0.29) is 0 Å². The van der Waals surface area contributed by atoms with Gasteiger partial charge in [0.1, 0.15) is 34.7 Å². The number of allylic oxidation sites excluding steroid dienone is 2. The molecule has 0 bridgehead atoms. The van der Waals surface area contributed by atoms with Gasteiger partial charge < -0.3 is 39.4 Å². The predicted octanol–water partition coefficient (Wildman–Crippen LogP) is 10.4. The van der Waals surface area contributed by atoms with Crippen molar-refractivity contribution in [3.05, 3.63) is 169 Å². The summed E-state index contributed by atoms with van der Waals surface area (Å²) in [6.45, 7) is 0. The molecule has 0 unspecified atom stereocenters. The molecule has 0 spiro atoms. The first-order valence-corrected chi connectivity index (χ1v) is 20.3. The molecule has 0 fully saturated rings. The lowest BCUT2D eigenvalue weighted by molar-refractivity contribution is 0.414. The van der Waals surface area contributed by atoms with Crippen molar-refractivity contribution in [2.24, 2.45) is 20.0 Å². The lowest BCUT2D eigenvalue weighted by Gasteiger charge is -2.32. The molecule has 0 atom stereocenters. The average Bonchev–Trinajstić information content (AvgIpc) is 3.34. The second-order valence-corrected chi connectivity index (χ2v) is 14.4. The van der Waals surface area contributed by atoms with Crippen molar-refractivity contribution in [3.8, 4) is 23.0 Å². The first-order valence-electron chi connectivity index (χ1n) is 20.3. The van der Waals surface area contributed by atoms with Gasteiger partial charge in [-0.25, -0.2) is 14.9 Å². The third kappa shape index (κ3) is 7.79. The Bertz CT molecular complexity index is 2600. The Morgan fingerprint density at radius 1 is 0.444 bits per heavy atom. The van der Waals surface area contributed by atoms with Gasteiger partial charge in [0.2, 0.25) is 5.96 Å². The van der Waals surface area contributed by atoms with Crippen LogP contribution in [0.4, 0.5) is 45.5 Å². The zero-order chi connectivity index (χ0) is 43.5. The third-order valence-corrected chi connectivity index (χ3v) is 10.9. The van der Waals surface area contributed by atoms with Crippen molar-refractivity contribution in [2.75, 3.05) is 63.0 Å². The highest BCUT2D eigenvalue weighted by Crippen LogP contribution is 2.41. The molecule has 0 aromatic heterocycles. The number of nitrogens with zero attached hydrogens (tertiary/aromatic N) is 7. The summed E-state index contributed by atoms with van der Waals surface area (Å²) < 4.78 is 21.9. The highest BCUT2D eigenvalue weighted by atomic mass is 16.5. The van der Waals surface area contributed by atoms with Gasteiger partial charge in [-0.3, -0.25) is 0 Å². The lowest BCUT2D eigenvalue weighted by atomic mass is 10.1. The summed E-state index contributed by atoms with van der Waals surface area (Å²) in [5.74, 6) is 5.93. The third-order valence-electron chi connectivity index (χ3n) is 10.9. The largest absolute Gasteiger partial charge is 0.497 e. The van der Waals surface area contributed by atoms with Crippen LogP contribution in [0.3, 0.4) is 0 Å². The first-order chi connectivity index (χ1) is 30.9. The van der Waals surface area contributed by atoms with Gasteiger partial charge in [0.05, 0.1) is 28.4 Å². The first kappa shape index (κ1) is 40.1. The summed E-state index contributed by atoms with van der Waals surface area (Å²) in [5.41, 5.74) is 8.98. The van der Waals surface area contributed by atoms with Crippen molar-refractivity contribution >= 4 is 69.0 Å². The fourth-order valence-electron chi connectivity index (χ4n) is 7.65. The van der Waals surface area contributed by atoms with Crippen LogP contribution in [0.25, 0.3) is 0 Å². The SMILES string of the molecule is CNc1cc(N(c2ccc(OC)cc2)c2ccc(OC)cc2)ccc1C1=NC2=CC=CC3=NC(c4ccc(N(c5ccc(OC)cc5)c5ccc(OC)cc5)cc4NC)=NC(=N1)N23. The normalized spacial score (nSPS) is 13.6. The van der Waals surface area contributed by atoms with E-state index in [4.69, 9.17) is 38.9 Å². The average molecular weight is 836 g/mol. The minimum atomic E-state index is 0.462. The highest BCUT2D eigenvalue weighted by molar-refractivity contribution is 6.26. The Morgan fingerprint density at radius 3 is 1.21 bits per heavy atom. The molecule has 9 rings (SSSR count). The summed E-state index contributed by atoms with van der Waals surface area (Å²) in [4.78, 5) is 26.5. The van der Waals surface area contributed by atoms with Crippen LogP contribution >= 0.6 is 0 Å². The number of hydrogen-bond acceptors (Lipinski definition) is 13. The number of hydrogen-bond donors (Lipinski definition) is 2. The molecule has 0 amide bonds. The Labute approximate surface area is 366 Å². The van der Waals surface area contributed by atoms with Crippen molar-refractivity contribution in [3.63, 3.8) is 0 Å². The van der Waals surface area contributed by atoms with Gasteiger partial charge in [-0.05, 0) is 146 Å². The summed E-state index contributed by atoms with van der Waals surface area (Å²) in [7, 11) is 10.5. The second-order valence-electron chi connectivity index (χ2n) is 14.4. The molecular weight excluding hydrogens is 791 g/mol. The number of ether oxygens (including phenoxy) is 4. The number of aliphatic imine (C=N–C) groups is 4. The molecule has 13 heteroatoms.